The number of rotatable bonds is 2. The molecule has 4 nitrogen and oxygen atoms in total. The van der Waals surface area contributed by atoms with Crippen molar-refractivity contribution in [3.8, 4) is 11.5 Å². The van der Waals surface area contributed by atoms with Crippen LogP contribution in [-0.4, -0.2) is 17.9 Å². The number of benzene rings is 1. The Morgan fingerprint density at radius 2 is 2.31 bits per heavy atom. The van der Waals surface area contributed by atoms with Crippen molar-refractivity contribution in [1.82, 2.24) is 0 Å². The fourth-order valence-corrected chi connectivity index (χ4v) is 1.99. The van der Waals surface area contributed by atoms with Crippen LogP contribution in [0.25, 0.3) is 0 Å². The van der Waals surface area contributed by atoms with E-state index in [0.29, 0.717) is 5.75 Å². The second-order valence-electron chi connectivity index (χ2n) is 3.39. The summed E-state index contributed by atoms with van der Waals surface area (Å²) in [5, 5.41) is 8.85. The average Bonchev–Trinajstić information content (AvgIpc) is 2.70. The third kappa shape index (κ3) is 1.63. The van der Waals surface area contributed by atoms with E-state index in [4.69, 9.17) is 14.6 Å². The molecule has 0 bridgehead atoms. The zero-order valence-electron chi connectivity index (χ0n) is 8.29. The van der Waals surface area contributed by atoms with Crippen molar-refractivity contribution in [1.29, 1.82) is 0 Å². The van der Waals surface area contributed by atoms with Gasteiger partial charge in [-0.25, -0.2) is 4.39 Å². The van der Waals surface area contributed by atoms with Crippen LogP contribution in [0.2, 0.25) is 0 Å². The van der Waals surface area contributed by atoms with E-state index < -0.39 is 17.7 Å². The Morgan fingerprint density at radius 1 is 1.62 bits per heavy atom. The number of halogens is 2. The van der Waals surface area contributed by atoms with E-state index in [1.165, 1.54) is 13.0 Å². The first-order chi connectivity index (χ1) is 7.52. The van der Waals surface area contributed by atoms with E-state index >= 15 is 0 Å². The van der Waals surface area contributed by atoms with Crippen molar-refractivity contribution in [2.75, 3.05) is 6.79 Å². The van der Waals surface area contributed by atoms with Crippen molar-refractivity contribution in [2.24, 2.45) is 0 Å². The van der Waals surface area contributed by atoms with Gasteiger partial charge >= 0.3 is 5.97 Å². The van der Waals surface area contributed by atoms with Crippen LogP contribution in [0, 0.1) is 5.82 Å². The summed E-state index contributed by atoms with van der Waals surface area (Å²) in [5.74, 6) is -2.02. The molecule has 2 rings (SSSR count). The molecule has 1 aromatic carbocycles. The predicted octanol–water partition coefficient (Wildman–Crippen LogP) is 2.51. The quantitative estimate of drug-likeness (QED) is 0.909. The number of fused-ring (bicyclic) bond motifs is 1. The topological polar surface area (TPSA) is 55.8 Å². The molecule has 6 heteroatoms. The van der Waals surface area contributed by atoms with E-state index in [9.17, 15) is 9.18 Å². The van der Waals surface area contributed by atoms with Gasteiger partial charge in [-0.05, 0) is 28.9 Å². The van der Waals surface area contributed by atoms with E-state index in [-0.39, 0.29) is 22.6 Å². The summed E-state index contributed by atoms with van der Waals surface area (Å²) in [6.45, 7) is 1.42. The number of hydrogen-bond donors (Lipinski definition) is 1. The van der Waals surface area contributed by atoms with Crippen LogP contribution in [0.3, 0.4) is 0 Å². The van der Waals surface area contributed by atoms with Gasteiger partial charge < -0.3 is 14.6 Å². The second-order valence-corrected chi connectivity index (χ2v) is 4.18. The average molecular weight is 291 g/mol. The molecule has 1 aromatic rings. The Labute approximate surface area is 99.1 Å². The van der Waals surface area contributed by atoms with Gasteiger partial charge in [0.05, 0.1) is 10.4 Å². The molecule has 0 aromatic heterocycles. The van der Waals surface area contributed by atoms with Crippen LogP contribution < -0.4 is 9.47 Å². The standard InChI is InChI=1S/C10H8BrFO4/c1-4(10(13)14)5-2-6-9(16-3-15-6)7(11)8(5)12/h2,4H,3H2,1H3,(H,13,14). The fraction of sp³-hybridized carbons (Fsp3) is 0.300. The lowest BCUT2D eigenvalue weighted by Crippen LogP contribution is -2.09. The highest BCUT2D eigenvalue weighted by atomic mass is 79.9. The SMILES string of the molecule is CC(C(=O)O)c1cc2c(c(Br)c1F)OCO2. The van der Waals surface area contributed by atoms with Crippen LogP contribution in [-0.2, 0) is 4.79 Å². The normalized spacial score (nSPS) is 14.9. The van der Waals surface area contributed by atoms with Crippen molar-refractivity contribution in [3.05, 3.63) is 21.9 Å². The number of ether oxygens (including phenoxy) is 2. The molecule has 0 amide bonds. The smallest absolute Gasteiger partial charge is 0.310 e. The highest BCUT2D eigenvalue weighted by Gasteiger charge is 2.27. The number of carboxylic acid groups (broad SMARTS) is 1. The largest absolute Gasteiger partial charge is 0.481 e. The van der Waals surface area contributed by atoms with Gasteiger partial charge in [0, 0.05) is 5.56 Å². The zero-order chi connectivity index (χ0) is 11.9. The van der Waals surface area contributed by atoms with Gasteiger partial charge in [-0.2, -0.15) is 0 Å². The van der Waals surface area contributed by atoms with E-state index in [0.717, 1.165) is 0 Å². The van der Waals surface area contributed by atoms with Gasteiger partial charge in [0.25, 0.3) is 0 Å². The summed E-state index contributed by atoms with van der Waals surface area (Å²) in [5.41, 5.74) is 0.0728. The first-order valence-corrected chi connectivity index (χ1v) is 5.32. The lowest BCUT2D eigenvalue weighted by Gasteiger charge is -2.10. The molecule has 86 valence electrons. The van der Waals surface area contributed by atoms with Crippen LogP contribution in [0.15, 0.2) is 10.5 Å². The fourth-order valence-electron chi connectivity index (χ4n) is 1.45. The van der Waals surface area contributed by atoms with Gasteiger partial charge in [0.15, 0.2) is 11.5 Å². The lowest BCUT2D eigenvalue weighted by atomic mass is 10.0. The Bertz CT molecular complexity index is 461. The first-order valence-electron chi connectivity index (χ1n) is 4.52. The van der Waals surface area contributed by atoms with Gasteiger partial charge in [-0.3, -0.25) is 4.79 Å². The minimum absolute atomic E-state index is 0.0122. The molecule has 0 saturated carbocycles. The van der Waals surface area contributed by atoms with E-state index in [1.807, 2.05) is 0 Å². The maximum atomic E-state index is 13.8. The second kappa shape index (κ2) is 3.93. The molecule has 0 radical (unpaired) electrons. The van der Waals surface area contributed by atoms with Crippen LogP contribution in [0.4, 0.5) is 4.39 Å². The highest BCUT2D eigenvalue weighted by molar-refractivity contribution is 9.10. The summed E-state index contributed by atoms with van der Waals surface area (Å²) in [6.07, 6.45) is 0. The van der Waals surface area contributed by atoms with Crippen LogP contribution >= 0.6 is 15.9 Å². The third-order valence-electron chi connectivity index (χ3n) is 2.41. The lowest BCUT2D eigenvalue weighted by molar-refractivity contribution is -0.138. The van der Waals surface area contributed by atoms with Gasteiger partial charge in [0.1, 0.15) is 5.82 Å². The monoisotopic (exact) mass is 290 g/mol. The summed E-state index contributed by atoms with van der Waals surface area (Å²) >= 11 is 3.03. The summed E-state index contributed by atoms with van der Waals surface area (Å²) in [4.78, 5) is 10.8. The molecular weight excluding hydrogens is 283 g/mol. The number of carbonyl (C=O) groups is 1. The Kier molecular flexibility index (Phi) is 2.75. The Morgan fingerprint density at radius 3 is 2.94 bits per heavy atom. The van der Waals surface area contributed by atoms with Crippen LogP contribution in [0.5, 0.6) is 11.5 Å². The summed E-state index contributed by atoms with van der Waals surface area (Å²) in [6, 6.07) is 1.36. The molecule has 1 aliphatic heterocycles. The summed E-state index contributed by atoms with van der Waals surface area (Å²) < 4.78 is 24.1. The van der Waals surface area contributed by atoms with Crippen LogP contribution in [0.1, 0.15) is 18.4 Å². The molecule has 1 aliphatic rings. The molecule has 0 saturated heterocycles. The van der Waals surface area contributed by atoms with E-state index in [2.05, 4.69) is 15.9 Å². The maximum absolute atomic E-state index is 13.8. The van der Waals surface area contributed by atoms with Crippen molar-refractivity contribution in [3.63, 3.8) is 0 Å². The molecule has 1 N–H and O–H groups in total. The molecule has 0 spiro atoms. The zero-order valence-corrected chi connectivity index (χ0v) is 9.88. The van der Waals surface area contributed by atoms with Crippen molar-refractivity contribution < 1.29 is 23.8 Å². The van der Waals surface area contributed by atoms with Crippen molar-refractivity contribution in [2.45, 2.75) is 12.8 Å². The molecule has 1 unspecified atom stereocenters. The molecule has 0 fully saturated rings. The maximum Gasteiger partial charge on any atom is 0.310 e. The highest BCUT2D eigenvalue weighted by Crippen LogP contribution is 2.43. The minimum Gasteiger partial charge on any atom is -0.481 e. The molecule has 1 heterocycles. The van der Waals surface area contributed by atoms with Crippen molar-refractivity contribution >= 4 is 21.9 Å². The number of aliphatic carboxylic acids is 1. The van der Waals surface area contributed by atoms with Gasteiger partial charge in [0.2, 0.25) is 6.79 Å². The molecule has 16 heavy (non-hydrogen) atoms. The molecule has 0 aliphatic carbocycles. The minimum atomic E-state index is -1.09. The third-order valence-corrected chi connectivity index (χ3v) is 3.12. The van der Waals surface area contributed by atoms with Gasteiger partial charge in [-0.1, -0.05) is 0 Å². The Balaban J connectivity index is 2.56. The summed E-state index contributed by atoms with van der Waals surface area (Å²) in [7, 11) is 0. The Hall–Kier alpha value is -1.30. The predicted molar refractivity (Wildman–Crippen MR) is 56.3 cm³/mol. The first kappa shape index (κ1) is 11.2. The van der Waals surface area contributed by atoms with E-state index in [1.54, 1.807) is 0 Å². The van der Waals surface area contributed by atoms with Gasteiger partial charge in [-0.15, -0.1) is 0 Å². The number of hydrogen-bond acceptors (Lipinski definition) is 3. The number of carboxylic acids is 1. The molecular formula is C10H8BrFO4. The molecule has 1 atom stereocenters.